The topological polar surface area (TPSA) is 180 Å². The second kappa shape index (κ2) is 11.1. The number of aliphatic imine (C=N–C) groups is 1. The highest BCUT2D eigenvalue weighted by Crippen LogP contribution is 2.48. The Hall–Kier alpha value is -2.55. The number of β-lactam (4-membered cyclic amide) rings is 2. The van der Waals surface area contributed by atoms with Gasteiger partial charge in [-0.25, -0.2) is 9.59 Å². The monoisotopic (exact) mass is 554 g/mol. The van der Waals surface area contributed by atoms with Gasteiger partial charge in [-0.2, -0.15) is 0 Å². The van der Waals surface area contributed by atoms with Crippen molar-refractivity contribution in [3.05, 3.63) is 21.2 Å². The molecule has 0 aromatic carbocycles. The Labute approximate surface area is 221 Å². The summed E-state index contributed by atoms with van der Waals surface area (Å²) in [6, 6.07) is -0.601. The lowest BCUT2D eigenvalue weighted by Gasteiger charge is -2.44. The molecule has 0 saturated carbocycles. The Bertz CT molecular complexity index is 1090. The summed E-state index contributed by atoms with van der Waals surface area (Å²) in [5, 5.41) is 41.7. The van der Waals surface area contributed by atoms with Crippen molar-refractivity contribution < 1.29 is 39.6 Å². The highest BCUT2D eigenvalue weighted by Gasteiger charge is 2.57. The van der Waals surface area contributed by atoms with Gasteiger partial charge in [-0.05, 0) is 13.8 Å². The Balaban J connectivity index is 1.18. The number of nitrogens with one attached hydrogen (secondary N) is 1. The molecule has 2 saturated heterocycles. The van der Waals surface area contributed by atoms with Crippen LogP contribution in [0.15, 0.2) is 26.2 Å². The number of thioether (sulfide) groups is 2. The third-order valence-corrected chi connectivity index (χ3v) is 9.20. The smallest absolute Gasteiger partial charge is 0.353 e. The molecule has 4 heterocycles. The Kier molecular flexibility index (Phi) is 8.21. The van der Waals surface area contributed by atoms with Crippen LogP contribution in [0.3, 0.4) is 0 Å². The van der Waals surface area contributed by atoms with Gasteiger partial charge in [0.25, 0.3) is 0 Å². The minimum absolute atomic E-state index is 0.00390. The molecule has 0 spiro atoms. The minimum atomic E-state index is -1.15. The van der Waals surface area contributed by atoms with Gasteiger partial charge < -0.3 is 35.5 Å². The van der Waals surface area contributed by atoms with E-state index in [4.69, 9.17) is 0 Å². The molecule has 37 heavy (non-hydrogen) atoms. The van der Waals surface area contributed by atoms with Crippen LogP contribution < -0.4 is 5.32 Å². The van der Waals surface area contributed by atoms with E-state index in [9.17, 15) is 39.6 Å². The highest BCUT2D eigenvalue weighted by atomic mass is 32.2. The second-order valence-electron chi connectivity index (χ2n) is 9.33. The molecule has 4 aliphatic rings. The van der Waals surface area contributed by atoms with Gasteiger partial charge in [-0.3, -0.25) is 14.6 Å². The van der Waals surface area contributed by atoms with Gasteiger partial charge in [0.05, 0.1) is 49.0 Å². The Morgan fingerprint density at radius 3 is 1.84 bits per heavy atom. The molecule has 0 aromatic rings. The third kappa shape index (κ3) is 4.99. The van der Waals surface area contributed by atoms with Gasteiger partial charge in [0.1, 0.15) is 11.4 Å². The summed E-state index contributed by atoms with van der Waals surface area (Å²) >= 11 is 2.71. The number of carbonyl (C=O) groups excluding carboxylic acids is 2. The van der Waals surface area contributed by atoms with E-state index in [0.717, 1.165) is 0 Å². The normalized spacial score (nSPS) is 28.3. The summed E-state index contributed by atoms with van der Waals surface area (Å²) in [5.41, 5.74) is 0.0139. The number of hydrogen-bond acceptors (Lipinski definition) is 9. The SMILES string of the molecule is CC(O)C1C(=O)N2C(C(=O)O)=C(SCCN=CNCCSC3=C(C(=O)O)N4C(=O)C(C(C)O)C4C3)CC12. The molecule has 12 nitrogen and oxygen atoms in total. The van der Waals surface area contributed by atoms with Crippen molar-refractivity contribution in [1.29, 1.82) is 0 Å². The number of nitrogens with zero attached hydrogens (tertiary/aromatic N) is 3. The summed E-state index contributed by atoms with van der Waals surface area (Å²) in [5.74, 6) is -3.03. The fraction of sp³-hybridized carbons (Fsp3) is 0.609. The average Bonchev–Trinajstić information content (AvgIpc) is 3.30. The van der Waals surface area contributed by atoms with Crippen molar-refractivity contribution in [2.75, 3.05) is 24.6 Å². The number of amides is 2. The third-order valence-electron chi connectivity index (χ3n) is 6.98. The maximum Gasteiger partial charge on any atom is 0.353 e. The largest absolute Gasteiger partial charge is 0.477 e. The van der Waals surface area contributed by atoms with Crippen LogP contribution in [0, 0.1) is 11.8 Å². The number of carbonyl (C=O) groups is 4. The molecule has 14 heteroatoms. The van der Waals surface area contributed by atoms with Crippen molar-refractivity contribution >= 4 is 53.6 Å². The first-order valence-electron chi connectivity index (χ1n) is 12.0. The van der Waals surface area contributed by atoms with Crippen molar-refractivity contribution in [2.45, 2.75) is 51.0 Å². The van der Waals surface area contributed by atoms with Gasteiger partial charge >= 0.3 is 11.9 Å². The molecule has 202 valence electrons. The van der Waals surface area contributed by atoms with Gasteiger partial charge in [0.2, 0.25) is 11.8 Å². The van der Waals surface area contributed by atoms with Crippen LogP contribution in [0.5, 0.6) is 0 Å². The van der Waals surface area contributed by atoms with Crippen LogP contribution in [-0.2, 0) is 19.2 Å². The van der Waals surface area contributed by atoms with E-state index in [1.807, 2.05) is 0 Å². The lowest BCUT2D eigenvalue weighted by Crippen LogP contribution is -2.61. The molecular weight excluding hydrogens is 524 g/mol. The number of aliphatic hydroxyl groups excluding tert-OH is 2. The zero-order valence-electron chi connectivity index (χ0n) is 20.4. The number of fused-ring (bicyclic) bond motifs is 2. The number of carboxylic acid groups (broad SMARTS) is 2. The van der Waals surface area contributed by atoms with Gasteiger partial charge in [0, 0.05) is 40.7 Å². The second-order valence-corrected chi connectivity index (χ2v) is 11.7. The molecule has 2 amide bonds. The predicted octanol–water partition coefficient (Wildman–Crippen LogP) is -0.114. The molecule has 6 atom stereocenters. The molecular formula is C23H30N4O8S2. The van der Waals surface area contributed by atoms with Crippen LogP contribution in [-0.4, -0.2) is 109 Å². The maximum absolute atomic E-state index is 12.2. The van der Waals surface area contributed by atoms with Gasteiger partial charge in [-0.15, -0.1) is 23.5 Å². The quantitative estimate of drug-likeness (QED) is 0.0887. The first-order chi connectivity index (χ1) is 17.6. The first-order valence-corrected chi connectivity index (χ1v) is 14.0. The van der Waals surface area contributed by atoms with Crippen molar-refractivity contribution in [3.8, 4) is 0 Å². The lowest BCUT2D eigenvalue weighted by molar-refractivity contribution is -0.161. The molecule has 4 rings (SSSR count). The molecule has 5 N–H and O–H groups in total. The van der Waals surface area contributed by atoms with E-state index >= 15 is 0 Å². The average molecular weight is 555 g/mol. The molecule has 4 aliphatic heterocycles. The predicted molar refractivity (Wildman–Crippen MR) is 136 cm³/mol. The summed E-state index contributed by atoms with van der Waals surface area (Å²) in [6.07, 6.45) is 0.752. The maximum atomic E-state index is 12.2. The lowest BCUT2D eigenvalue weighted by atomic mass is 9.83. The van der Waals surface area contributed by atoms with Crippen LogP contribution in [0.4, 0.5) is 0 Å². The Morgan fingerprint density at radius 2 is 1.41 bits per heavy atom. The zero-order chi connectivity index (χ0) is 27.0. The number of aliphatic carboxylic acids is 2. The number of hydrogen-bond donors (Lipinski definition) is 5. The molecule has 0 aromatic heterocycles. The Morgan fingerprint density at radius 1 is 0.946 bits per heavy atom. The molecule has 2 fully saturated rings. The molecule has 6 unspecified atom stereocenters. The summed E-state index contributed by atoms with van der Waals surface area (Å²) in [6.45, 7) is 4.02. The number of carboxylic acids is 2. The van der Waals surface area contributed by atoms with Crippen molar-refractivity contribution in [2.24, 2.45) is 16.8 Å². The van der Waals surface area contributed by atoms with Gasteiger partial charge in [0.15, 0.2) is 0 Å². The van der Waals surface area contributed by atoms with Crippen LogP contribution in [0.25, 0.3) is 0 Å². The van der Waals surface area contributed by atoms with E-state index < -0.39 is 36.0 Å². The van der Waals surface area contributed by atoms with Crippen LogP contribution in [0.2, 0.25) is 0 Å². The van der Waals surface area contributed by atoms with Gasteiger partial charge in [-0.1, -0.05) is 0 Å². The van der Waals surface area contributed by atoms with Crippen LogP contribution in [0.1, 0.15) is 26.7 Å². The van der Waals surface area contributed by atoms with E-state index in [1.165, 1.54) is 40.2 Å². The number of rotatable bonds is 13. The fourth-order valence-corrected chi connectivity index (χ4v) is 7.50. The van der Waals surface area contributed by atoms with Crippen molar-refractivity contribution in [1.82, 2.24) is 15.1 Å². The molecule has 0 radical (unpaired) electrons. The standard InChI is InChI=1S/C23H30N4O8S2/c1-10(28)16-12-7-14(18(22(32)33)26(12)20(16)30)36-5-3-24-9-25-4-6-37-15-8-13-17(11(2)29)21(31)27(13)19(15)23(34)35/h9-13,16-17,28-29H,3-8H2,1-2H3,(H,24,25)(H,32,33)(H,34,35). The van der Waals surface area contributed by atoms with Crippen LogP contribution >= 0.6 is 23.5 Å². The molecule has 0 bridgehead atoms. The zero-order valence-corrected chi connectivity index (χ0v) is 22.0. The fourth-order valence-electron chi connectivity index (χ4n) is 5.37. The summed E-state index contributed by atoms with van der Waals surface area (Å²) < 4.78 is 0. The summed E-state index contributed by atoms with van der Waals surface area (Å²) in [4.78, 5) is 55.9. The van der Waals surface area contributed by atoms with E-state index in [0.29, 0.717) is 47.2 Å². The summed E-state index contributed by atoms with van der Waals surface area (Å²) in [7, 11) is 0. The van der Waals surface area contributed by atoms with E-state index in [2.05, 4.69) is 10.3 Å². The highest BCUT2D eigenvalue weighted by molar-refractivity contribution is 8.03. The van der Waals surface area contributed by atoms with E-state index in [-0.39, 0.29) is 35.3 Å². The minimum Gasteiger partial charge on any atom is -0.477 e. The van der Waals surface area contributed by atoms with Crippen molar-refractivity contribution in [3.63, 3.8) is 0 Å². The molecule has 0 aliphatic carbocycles. The van der Waals surface area contributed by atoms with E-state index in [1.54, 1.807) is 13.3 Å². The first kappa shape index (κ1) is 27.5. The number of aliphatic hydroxyl groups is 2.